The van der Waals surface area contributed by atoms with Crippen molar-refractivity contribution in [1.82, 2.24) is 9.97 Å². The lowest BCUT2D eigenvalue weighted by Gasteiger charge is -2.22. The number of aromatic nitrogens is 2. The van der Waals surface area contributed by atoms with E-state index < -0.39 is 0 Å². The van der Waals surface area contributed by atoms with Gasteiger partial charge in [0.25, 0.3) is 0 Å². The molecule has 0 amide bonds. The van der Waals surface area contributed by atoms with Crippen LogP contribution < -0.4 is 5.32 Å². The number of hydrogen-bond acceptors (Lipinski definition) is 5. The lowest BCUT2D eigenvalue weighted by Crippen LogP contribution is -2.28. The Morgan fingerprint density at radius 1 is 1.35 bits per heavy atom. The Morgan fingerprint density at radius 3 is 2.50 bits per heavy atom. The molecule has 0 saturated heterocycles. The molecule has 0 bridgehead atoms. The van der Waals surface area contributed by atoms with Gasteiger partial charge in [-0.1, -0.05) is 32.4 Å². The van der Waals surface area contributed by atoms with Gasteiger partial charge in [0.2, 0.25) is 0 Å². The van der Waals surface area contributed by atoms with E-state index >= 15 is 0 Å². The standard InChI is InChI=1S/C14H24ClN3O2/c1-9-11(15)17-13(14(2,3)4)18-12(9)16-10(6-7-19)8-20-5/h10,19H,6-8H2,1-5H3,(H,16,17,18). The van der Waals surface area contributed by atoms with E-state index in [0.29, 0.717) is 29.8 Å². The number of aliphatic hydroxyl groups is 1. The zero-order valence-electron chi connectivity index (χ0n) is 12.8. The van der Waals surface area contributed by atoms with Crippen molar-refractivity contribution >= 4 is 17.4 Å². The number of nitrogens with one attached hydrogen (secondary N) is 1. The average Bonchev–Trinajstić information content (AvgIpc) is 2.34. The second-order valence-corrected chi connectivity index (χ2v) is 6.23. The molecular formula is C14H24ClN3O2. The summed E-state index contributed by atoms with van der Waals surface area (Å²) in [7, 11) is 1.63. The van der Waals surface area contributed by atoms with Gasteiger partial charge in [-0.2, -0.15) is 0 Å². The van der Waals surface area contributed by atoms with Gasteiger partial charge < -0.3 is 15.2 Å². The first-order valence-electron chi connectivity index (χ1n) is 6.70. The molecular weight excluding hydrogens is 278 g/mol. The van der Waals surface area contributed by atoms with Gasteiger partial charge in [-0.15, -0.1) is 0 Å². The molecule has 0 aliphatic carbocycles. The maximum absolute atomic E-state index is 9.09. The highest BCUT2D eigenvalue weighted by Crippen LogP contribution is 2.26. The quantitative estimate of drug-likeness (QED) is 0.790. The van der Waals surface area contributed by atoms with Crippen molar-refractivity contribution in [2.75, 3.05) is 25.6 Å². The molecule has 2 N–H and O–H groups in total. The van der Waals surface area contributed by atoms with Crippen LogP contribution in [0.5, 0.6) is 0 Å². The Balaban J connectivity index is 3.06. The SMILES string of the molecule is COCC(CCO)Nc1nc(C(C)(C)C)nc(Cl)c1C. The van der Waals surface area contributed by atoms with E-state index in [9.17, 15) is 0 Å². The van der Waals surface area contributed by atoms with Crippen LogP contribution in [-0.2, 0) is 10.2 Å². The third kappa shape index (κ3) is 4.58. The fourth-order valence-corrected chi connectivity index (χ4v) is 1.88. The third-order valence-corrected chi connectivity index (χ3v) is 3.31. The Hall–Kier alpha value is -0.910. The molecule has 0 saturated carbocycles. The second kappa shape index (κ2) is 7.20. The molecule has 0 fully saturated rings. The van der Waals surface area contributed by atoms with Crippen LogP contribution in [0.2, 0.25) is 5.15 Å². The van der Waals surface area contributed by atoms with E-state index in [-0.39, 0.29) is 18.1 Å². The third-order valence-electron chi connectivity index (χ3n) is 2.94. The zero-order valence-corrected chi connectivity index (χ0v) is 13.6. The fourth-order valence-electron chi connectivity index (χ4n) is 1.71. The summed E-state index contributed by atoms with van der Waals surface area (Å²) in [5.74, 6) is 1.39. The summed E-state index contributed by atoms with van der Waals surface area (Å²) in [6.45, 7) is 8.58. The molecule has 0 aromatic carbocycles. The highest BCUT2D eigenvalue weighted by Gasteiger charge is 2.21. The van der Waals surface area contributed by atoms with E-state index in [4.69, 9.17) is 21.4 Å². The van der Waals surface area contributed by atoms with E-state index in [1.54, 1.807) is 7.11 Å². The maximum Gasteiger partial charge on any atom is 0.137 e. The van der Waals surface area contributed by atoms with Crippen molar-refractivity contribution in [3.63, 3.8) is 0 Å². The van der Waals surface area contributed by atoms with Gasteiger partial charge in [0.05, 0.1) is 12.6 Å². The largest absolute Gasteiger partial charge is 0.396 e. The smallest absolute Gasteiger partial charge is 0.137 e. The van der Waals surface area contributed by atoms with Crippen molar-refractivity contribution in [1.29, 1.82) is 0 Å². The Kier molecular flexibility index (Phi) is 6.17. The first kappa shape index (κ1) is 17.1. The molecule has 5 nitrogen and oxygen atoms in total. The fraction of sp³-hybridized carbons (Fsp3) is 0.714. The molecule has 0 spiro atoms. The molecule has 1 rings (SSSR count). The monoisotopic (exact) mass is 301 g/mol. The Bertz CT molecular complexity index is 441. The van der Waals surface area contributed by atoms with Gasteiger partial charge in [0, 0.05) is 24.7 Å². The first-order valence-corrected chi connectivity index (χ1v) is 7.08. The van der Waals surface area contributed by atoms with Crippen LogP contribution in [0.4, 0.5) is 5.82 Å². The van der Waals surface area contributed by atoms with E-state index in [2.05, 4.69) is 15.3 Å². The highest BCUT2D eigenvalue weighted by atomic mass is 35.5. The molecule has 1 atom stereocenters. The molecule has 1 unspecified atom stereocenters. The number of methoxy groups -OCH3 is 1. The van der Waals surface area contributed by atoms with Gasteiger partial charge >= 0.3 is 0 Å². The zero-order chi connectivity index (χ0) is 15.3. The van der Waals surface area contributed by atoms with Gasteiger partial charge in [-0.3, -0.25) is 0 Å². The normalized spacial score (nSPS) is 13.3. The molecule has 1 heterocycles. The molecule has 20 heavy (non-hydrogen) atoms. The second-order valence-electron chi connectivity index (χ2n) is 5.87. The van der Waals surface area contributed by atoms with E-state index in [1.807, 2.05) is 27.7 Å². The van der Waals surface area contributed by atoms with Crippen molar-refractivity contribution < 1.29 is 9.84 Å². The predicted octanol–water partition coefficient (Wildman–Crippen LogP) is 2.55. The number of nitrogens with zero attached hydrogens (tertiary/aromatic N) is 2. The molecule has 0 aliphatic rings. The van der Waals surface area contributed by atoms with Gasteiger partial charge in [-0.25, -0.2) is 9.97 Å². The average molecular weight is 302 g/mol. The van der Waals surface area contributed by atoms with E-state index in [1.165, 1.54) is 0 Å². The minimum absolute atomic E-state index is 0.0116. The van der Waals surface area contributed by atoms with Crippen molar-refractivity contribution in [3.05, 3.63) is 16.5 Å². The van der Waals surface area contributed by atoms with Crippen LogP contribution in [0.1, 0.15) is 38.6 Å². The summed E-state index contributed by atoms with van der Waals surface area (Å²) in [5, 5.41) is 12.8. The highest BCUT2D eigenvalue weighted by molar-refractivity contribution is 6.30. The van der Waals surface area contributed by atoms with Crippen molar-refractivity contribution in [2.45, 2.75) is 45.6 Å². The molecule has 0 aliphatic heterocycles. The minimum Gasteiger partial charge on any atom is -0.396 e. The van der Waals surface area contributed by atoms with Crippen molar-refractivity contribution in [3.8, 4) is 0 Å². The summed E-state index contributed by atoms with van der Waals surface area (Å²) in [6.07, 6.45) is 0.583. The Labute approximate surface area is 125 Å². The maximum atomic E-state index is 9.09. The molecule has 114 valence electrons. The minimum atomic E-state index is -0.179. The molecule has 0 radical (unpaired) electrons. The number of anilines is 1. The lowest BCUT2D eigenvalue weighted by atomic mass is 9.95. The van der Waals surface area contributed by atoms with E-state index in [0.717, 1.165) is 5.56 Å². The Morgan fingerprint density at radius 2 is 2.00 bits per heavy atom. The summed E-state index contributed by atoms with van der Waals surface area (Å²) >= 11 is 6.19. The van der Waals surface area contributed by atoms with Crippen molar-refractivity contribution in [2.24, 2.45) is 0 Å². The van der Waals surface area contributed by atoms with Crippen LogP contribution >= 0.6 is 11.6 Å². The summed E-state index contributed by atoms with van der Waals surface area (Å²) in [6, 6.07) is -0.0116. The molecule has 1 aromatic rings. The molecule has 6 heteroatoms. The number of halogens is 1. The topological polar surface area (TPSA) is 67.3 Å². The predicted molar refractivity (Wildman–Crippen MR) is 81.5 cm³/mol. The van der Waals surface area contributed by atoms with Gasteiger partial charge in [0.1, 0.15) is 16.8 Å². The van der Waals surface area contributed by atoms with Crippen LogP contribution in [0.3, 0.4) is 0 Å². The molecule has 1 aromatic heterocycles. The summed E-state index contributed by atoms with van der Waals surface area (Å²) in [5.41, 5.74) is 0.625. The van der Waals surface area contributed by atoms with Gasteiger partial charge in [-0.05, 0) is 13.3 Å². The van der Waals surface area contributed by atoms with Crippen LogP contribution in [-0.4, -0.2) is 41.4 Å². The number of rotatable bonds is 6. The van der Waals surface area contributed by atoms with Crippen LogP contribution in [0.15, 0.2) is 0 Å². The summed E-state index contributed by atoms with van der Waals surface area (Å²) < 4.78 is 5.15. The lowest BCUT2D eigenvalue weighted by molar-refractivity contribution is 0.170. The van der Waals surface area contributed by atoms with Crippen LogP contribution in [0.25, 0.3) is 0 Å². The van der Waals surface area contributed by atoms with Crippen LogP contribution in [0, 0.1) is 6.92 Å². The van der Waals surface area contributed by atoms with Gasteiger partial charge in [0.15, 0.2) is 0 Å². The number of ether oxygens (including phenoxy) is 1. The summed E-state index contributed by atoms with van der Waals surface area (Å²) in [4.78, 5) is 8.90. The first-order chi connectivity index (χ1) is 9.29. The number of aliphatic hydroxyl groups excluding tert-OH is 1. The number of hydrogen-bond donors (Lipinski definition) is 2.